The number of rotatable bonds is 9. The fourth-order valence-corrected chi connectivity index (χ4v) is 5.06. The van der Waals surface area contributed by atoms with Gasteiger partial charge in [0.25, 0.3) is 5.91 Å². The highest BCUT2D eigenvalue weighted by atomic mass is 35.5. The Morgan fingerprint density at radius 1 is 0.861 bits per heavy atom. The lowest BCUT2D eigenvalue weighted by molar-refractivity contribution is 0.102. The molecule has 0 spiro atoms. The molecule has 0 aromatic heterocycles. The van der Waals surface area contributed by atoms with Crippen LogP contribution in [0.4, 0.5) is 5.69 Å². The van der Waals surface area contributed by atoms with Crippen molar-refractivity contribution in [3.63, 3.8) is 0 Å². The molecule has 0 aliphatic carbocycles. The van der Waals surface area contributed by atoms with Crippen molar-refractivity contribution in [1.82, 2.24) is 4.72 Å². The van der Waals surface area contributed by atoms with E-state index in [1.807, 2.05) is 60.7 Å². The number of halogens is 1. The molecule has 184 valence electrons. The second kappa shape index (κ2) is 11.4. The topological polar surface area (TPSA) is 84.5 Å². The molecule has 1 amide bonds. The molecule has 0 bridgehead atoms. The molecule has 36 heavy (non-hydrogen) atoms. The maximum Gasteiger partial charge on any atom is 0.255 e. The Bertz CT molecular complexity index is 1390. The minimum Gasteiger partial charge on any atom is -0.492 e. The maximum absolute atomic E-state index is 13.5. The Labute approximate surface area is 216 Å². The summed E-state index contributed by atoms with van der Waals surface area (Å²) in [6.07, 6.45) is 0. The zero-order valence-corrected chi connectivity index (χ0v) is 21.1. The van der Waals surface area contributed by atoms with Crippen LogP contribution in [-0.4, -0.2) is 20.9 Å². The van der Waals surface area contributed by atoms with E-state index in [0.29, 0.717) is 22.9 Å². The van der Waals surface area contributed by atoms with Gasteiger partial charge in [-0.2, -0.15) is 4.72 Å². The highest BCUT2D eigenvalue weighted by Crippen LogP contribution is 2.30. The highest BCUT2D eigenvalue weighted by molar-refractivity contribution is 7.89. The normalized spacial score (nSPS) is 11.3. The zero-order valence-electron chi connectivity index (χ0n) is 19.5. The first-order chi connectivity index (χ1) is 17.4. The quantitative estimate of drug-likeness (QED) is 0.281. The number of anilines is 1. The van der Waals surface area contributed by atoms with Crippen molar-refractivity contribution in [2.45, 2.75) is 17.9 Å². The van der Waals surface area contributed by atoms with E-state index in [1.54, 1.807) is 31.2 Å². The van der Waals surface area contributed by atoms with Gasteiger partial charge in [-0.3, -0.25) is 4.79 Å². The van der Waals surface area contributed by atoms with E-state index in [0.717, 1.165) is 11.1 Å². The predicted molar refractivity (Wildman–Crippen MR) is 142 cm³/mol. The number of carbonyl (C=O) groups excluding carboxylic acids is 1. The van der Waals surface area contributed by atoms with Gasteiger partial charge in [0.2, 0.25) is 10.0 Å². The number of sulfonamides is 1. The van der Waals surface area contributed by atoms with Crippen molar-refractivity contribution in [2.24, 2.45) is 0 Å². The van der Waals surface area contributed by atoms with Gasteiger partial charge >= 0.3 is 0 Å². The van der Waals surface area contributed by atoms with Gasteiger partial charge in [-0.25, -0.2) is 8.42 Å². The molecule has 0 saturated carbocycles. The lowest BCUT2D eigenvalue weighted by atomic mass is 10.00. The van der Waals surface area contributed by atoms with Gasteiger partial charge in [-0.1, -0.05) is 72.3 Å². The molecule has 0 radical (unpaired) electrons. The van der Waals surface area contributed by atoms with E-state index in [-0.39, 0.29) is 10.6 Å². The third-order valence-electron chi connectivity index (χ3n) is 5.45. The Balaban J connectivity index is 1.67. The molecule has 0 saturated heterocycles. The molecule has 0 fully saturated rings. The van der Waals surface area contributed by atoms with Gasteiger partial charge in [0.15, 0.2) is 0 Å². The van der Waals surface area contributed by atoms with Crippen LogP contribution >= 0.6 is 11.6 Å². The summed E-state index contributed by atoms with van der Waals surface area (Å²) in [5, 5.41) is 3.27. The molecule has 0 aliphatic heterocycles. The lowest BCUT2D eigenvalue weighted by Gasteiger charge is -2.20. The number of benzene rings is 4. The second-order valence-corrected chi connectivity index (χ2v) is 10.1. The third kappa shape index (κ3) is 6.12. The van der Waals surface area contributed by atoms with Crippen molar-refractivity contribution >= 4 is 33.2 Å². The molecule has 0 aliphatic rings. The van der Waals surface area contributed by atoms with Crippen LogP contribution in [0.25, 0.3) is 0 Å². The third-order valence-corrected chi connectivity index (χ3v) is 7.13. The van der Waals surface area contributed by atoms with Crippen LogP contribution < -0.4 is 14.8 Å². The minimum absolute atomic E-state index is 0.00535. The van der Waals surface area contributed by atoms with Crippen molar-refractivity contribution in [2.75, 3.05) is 11.9 Å². The second-order valence-electron chi connectivity index (χ2n) is 7.93. The lowest BCUT2D eigenvalue weighted by Crippen LogP contribution is -2.29. The zero-order chi connectivity index (χ0) is 25.5. The van der Waals surface area contributed by atoms with Gasteiger partial charge in [0.05, 0.1) is 23.2 Å². The largest absolute Gasteiger partial charge is 0.492 e. The van der Waals surface area contributed by atoms with Crippen molar-refractivity contribution in [1.29, 1.82) is 0 Å². The van der Waals surface area contributed by atoms with Crippen LogP contribution in [0.15, 0.2) is 108 Å². The summed E-state index contributed by atoms with van der Waals surface area (Å²) in [5.41, 5.74) is 2.22. The van der Waals surface area contributed by atoms with E-state index in [9.17, 15) is 13.2 Å². The SMILES string of the molecule is CCOc1ccc(S(=O)(=O)NC(c2ccccc2)c2ccccc2)cc1NC(=O)c1ccc(Cl)cc1. The number of carbonyl (C=O) groups is 1. The van der Waals surface area contributed by atoms with Gasteiger partial charge in [-0.15, -0.1) is 0 Å². The minimum atomic E-state index is -3.99. The molecule has 4 rings (SSSR count). The standard InChI is InChI=1S/C28H25ClN2O4S/c1-2-35-26-18-17-24(19-25(26)30-28(32)22-13-15-23(29)16-14-22)36(33,34)31-27(20-9-5-3-6-10-20)21-11-7-4-8-12-21/h3-19,27,31H,2H2,1H3,(H,30,32). The van der Waals surface area contributed by atoms with Crippen LogP contribution in [0.5, 0.6) is 5.75 Å². The summed E-state index contributed by atoms with van der Waals surface area (Å²) >= 11 is 5.92. The molecule has 2 N–H and O–H groups in total. The van der Waals surface area contributed by atoms with Crippen LogP contribution in [-0.2, 0) is 10.0 Å². The van der Waals surface area contributed by atoms with Crippen molar-refractivity contribution in [3.05, 3.63) is 125 Å². The fourth-order valence-electron chi connectivity index (χ4n) is 3.69. The highest BCUT2D eigenvalue weighted by Gasteiger charge is 2.24. The van der Waals surface area contributed by atoms with Gasteiger partial charge in [0.1, 0.15) is 5.75 Å². The molecule has 4 aromatic carbocycles. The summed E-state index contributed by atoms with van der Waals surface area (Å²) in [5.74, 6) is -0.0528. The average molecular weight is 521 g/mol. The molecule has 6 nitrogen and oxygen atoms in total. The Hall–Kier alpha value is -3.65. The van der Waals surface area contributed by atoms with Crippen LogP contribution in [0.1, 0.15) is 34.5 Å². The Kier molecular flexibility index (Phi) is 8.05. The maximum atomic E-state index is 13.5. The predicted octanol–water partition coefficient (Wildman–Crippen LogP) is 6.06. The molecular formula is C28H25ClN2O4S. The summed E-state index contributed by atoms with van der Waals surface area (Å²) in [6.45, 7) is 2.15. The van der Waals surface area contributed by atoms with Crippen molar-refractivity contribution < 1.29 is 17.9 Å². The van der Waals surface area contributed by atoms with Crippen LogP contribution in [0.3, 0.4) is 0 Å². The molecule has 4 aromatic rings. The van der Waals surface area contributed by atoms with Gasteiger partial charge < -0.3 is 10.1 Å². The molecule has 0 atom stereocenters. The van der Waals surface area contributed by atoms with Gasteiger partial charge in [0, 0.05) is 10.6 Å². The number of ether oxygens (including phenoxy) is 1. The Morgan fingerprint density at radius 3 is 2.00 bits per heavy atom. The first-order valence-electron chi connectivity index (χ1n) is 11.3. The van der Waals surface area contributed by atoms with E-state index in [2.05, 4.69) is 10.0 Å². The summed E-state index contributed by atoms with van der Waals surface area (Å²) in [4.78, 5) is 12.8. The molecule has 0 heterocycles. The van der Waals surface area contributed by atoms with E-state index in [1.165, 1.54) is 18.2 Å². The van der Waals surface area contributed by atoms with E-state index in [4.69, 9.17) is 16.3 Å². The Morgan fingerprint density at radius 2 is 1.44 bits per heavy atom. The average Bonchev–Trinajstić information content (AvgIpc) is 2.90. The fraction of sp³-hybridized carbons (Fsp3) is 0.107. The van der Waals surface area contributed by atoms with E-state index >= 15 is 0 Å². The monoisotopic (exact) mass is 520 g/mol. The van der Waals surface area contributed by atoms with Crippen LogP contribution in [0, 0.1) is 0 Å². The van der Waals surface area contributed by atoms with E-state index < -0.39 is 22.0 Å². The first kappa shape index (κ1) is 25.4. The summed E-state index contributed by atoms with van der Waals surface area (Å²) in [6, 6.07) is 28.9. The molecule has 8 heteroatoms. The number of nitrogens with one attached hydrogen (secondary N) is 2. The molecular weight excluding hydrogens is 496 g/mol. The summed E-state index contributed by atoms with van der Waals surface area (Å²) < 4.78 is 35.5. The van der Waals surface area contributed by atoms with Crippen molar-refractivity contribution in [3.8, 4) is 5.75 Å². The smallest absolute Gasteiger partial charge is 0.255 e. The summed E-state index contributed by atoms with van der Waals surface area (Å²) in [7, 11) is -3.99. The number of hydrogen-bond acceptors (Lipinski definition) is 4. The first-order valence-corrected chi connectivity index (χ1v) is 13.2. The number of hydrogen-bond donors (Lipinski definition) is 2. The van der Waals surface area contributed by atoms with Gasteiger partial charge in [-0.05, 0) is 60.5 Å². The van der Waals surface area contributed by atoms with Crippen LogP contribution in [0.2, 0.25) is 5.02 Å². The number of amides is 1. The molecule has 0 unspecified atom stereocenters.